The van der Waals surface area contributed by atoms with E-state index < -0.39 is 0 Å². The van der Waals surface area contributed by atoms with E-state index >= 15 is 0 Å². The maximum absolute atomic E-state index is 6.18. The molecule has 3 nitrogen and oxygen atoms in total. The molecule has 0 aromatic heterocycles. The molecule has 0 saturated carbocycles. The van der Waals surface area contributed by atoms with E-state index in [1.54, 1.807) is 7.11 Å². The molecule has 0 bridgehead atoms. The Morgan fingerprint density at radius 1 is 1.10 bits per heavy atom. The van der Waals surface area contributed by atoms with Gasteiger partial charge in [-0.15, -0.1) is 0 Å². The zero-order valence-electron chi connectivity index (χ0n) is 12.7. The van der Waals surface area contributed by atoms with Gasteiger partial charge in [-0.05, 0) is 36.1 Å². The lowest BCUT2D eigenvalue weighted by Gasteiger charge is -2.40. The van der Waals surface area contributed by atoms with E-state index in [4.69, 9.17) is 10.5 Å². The van der Waals surface area contributed by atoms with Crippen LogP contribution in [0.2, 0.25) is 0 Å². The van der Waals surface area contributed by atoms with Gasteiger partial charge in [0, 0.05) is 25.3 Å². The monoisotopic (exact) mass is 282 g/mol. The Balaban J connectivity index is 1.94. The van der Waals surface area contributed by atoms with Crippen molar-refractivity contribution in [2.24, 2.45) is 5.73 Å². The zero-order valence-corrected chi connectivity index (χ0v) is 12.7. The first-order valence-electron chi connectivity index (χ1n) is 7.33. The molecule has 0 unspecified atom stereocenters. The second-order valence-electron chi connectivity index (χ2n) is 5.81. The van der Waals surface area contributed by atoms with Gasteiger partial charge in [-0.25, -0.2) is 0 Å². The van der Waals surface area contributed by atoms with E-state index in [1.807, 2.05) is 12.1 Å². The zero-order chi connectivity index (χ0) is 14.9. The third-order valence-corrected chi connectivity index (χ3v) is 4.69. The van der Waals surface area contributed by atoms with E-state index in [-0.39, 0.29) is 5.54 Å². The number of likely N-dealkylation sites (N-methyl/N-ethyl adjacent to an activating group) is 1. The van der Waals surface area contributed by atoms with Gasteiger partial charge in [-0.2, -0.15) is 0 Å². The molecule has 1 aliphatic rings. The van der Waals surface area contributed by atoms with Crippen molar-refractivity contribution in [3.8, 4) is 5.75 Å². The maximum Gasteiger partial charge on any atom is 0.120 e. The number of methoxy groups -OCH3 is 1. The van der Waals surface area contributed by atoms with E-state index in [9.17, 15) is 0 Å². The van der Waals surface area contributed by atoms with Crippen LogP contribution in [0.4, 0.5) is 5.69 Å². The van der Waals surface area contributed by atoms with Crippen molar-refractivity contribution in [1.29, 1.82) is 0 Å². The molecule has 110 valence electrons. The highest BCUT2D eigenvalue weighted by Crippen LogP contribution is 2.36. The fourth-order valence-electron chi connectivity index (χ4n) is 3.29. The molecule has 3 heteroatoms. The van der Waals surface area contributed by atoms with Crippen LogP contribution in [0.5, 0.6) is 5.75 Å². The molecule has 0 saturated heterocycles. The van der Waals surface area contributed by atoms with Gasteiger partial charge in [0.05, 0.1) is 12.6 Å². The molecule has 0 fully saturated rings. The Kier molecular flexibility index (Phi) is 3.60. The number of benzene rings is 2. The van der Waals surface area contributed by atoms with Gasteiger partial charge in [-0.1, -0.05) is 30.3 Å². The highest BCUT2D eigenvalue weighted by Gasteiger charge is 2.39. The van der Waals surface area contributed by atoms with Crippen molar-refractivity contribution in [1.82, 2.24) is 0 Å². The Hall–Kier alpha value is -2.00. The van der Waals surface area contributed by atoms with Gasteiger partial charge >= 0.3 is 0 Å². The number of nitrogens with zero attached hydrogens (tertiary/aromatic N) is 1. The van der Waals surface area contributed by atoms with Gasteiger partial charge in [-0.3, -0.25) is 0 Å². The minimum atomic E-state index is -0.0456. The molecule has 2 aromatic rings. The van der Waals surface area contributed by atoms with Crippen molar-refractivity contribution >= 4 is 5.69 Å². The Morgan fingerprint density at radius 2 is 1.76 bits per heavy atom. The van der Waals surface area contributed by atoms with Crippen molar-refractivity contribution in [2.45, 2.75) is 18.4 Å². The summed E-state index contributed by atoms with van der Waals surface area (Å²) >= 11 is 0. The summed E-state index contributed by atoms with van der Waals surface area (Å²) in [5.74, 6) is 0.877. The van der Waals surface area contributed by atoms with Crippen LogP contribution in [0, 0.1) is 0 Å². The normalized spacial score (nSPS) is 15.6. The third kappa shape index (κ3) is 2.38. The second-order valence-corrected chi connectivity index (χ2v) is 5.81. The molecular weight excluding hydrogens is 260 g/mol. The molecule has 21 heavy (non-hydrogen) atoms. The van der Waals surface area contributed by atoms with Gasteiger partial charge in [0.15, 0.2) is 0 Å². The molecule has 0 heterocycles. The van der Waals surface area contributed by atoms with Gasteiger partial charge in [0.2, 0.25) is 0 Å². The molecule has 0 spiro atoms. The van der Waals surface area contributed by atoms with Crippen LogP contribution in [0.1, 0.15) is 11.1 Å². The summed E-state index contributed by atoms with van der Waals surface area (Å²) in [5.41, 5.74) is 10.1. The van der Waals surface area contributed by atoms with Crippen molar-refractivity contribution in [3.05, 3.63) is 59.7 Å². The summed E-state index contributed by atoms with van der Waals surface area (Å²) in [6.45, 7) is 0.634. The maximum atomic E-state index is 6.18. The summed E-state index contributed by atoms with van der Waals surface area (Å²) in [4.78, 5) is 2.32. The van der Waals surface area contributed by atoms with E-state index in [0.717, 1.165) is 24.3 Å². The van der Waals surface area contributed by atoms with Crippen LogP contribution >= 0.6 is 0 Å². The number of rotatable bonds is 4. The molecular formula is C18H22N2O. The predicted octanol–water partition coefficient (Wildman–Crippen LogP) is 2.63. The first-order chi connectivity index (χ1) is 10.2. The van der Waals surface area contributed by atoms with Crippen molar-refractivity contribution in [2.75, 3.05) is 25.6 Å². The lowest BCUT2D eigenvalue weighted by atomic mass is 9.93. The standard InChI is InChI=1S/C18H22N2O/c1-20(16-8-5-9-17(10-16)21-2)18(13-19)11-14-6-3-4-7-15(14)12-18/h3-10H,11-13,19H2,1-2H3. The fraction of sp³-hybridized carbons (Fsp3) is 0.333. The molecule has 0 radical (unpaired) electrons. The number of ether oxygens (including phenoxy) is 1. The minimum Gasteiger partial charge on any atom is -0.497 e. The van der Waals surface area contributed by atoms with Gasteiger partial charge < -0.3 is 15.4 Å². The van der Waals surface area contributed by atoms with Crippen LogP contribution in [0.25, 0.3) is 0 Å². The molecule has 2 N–H and O–H groups in total. The van der Waals surface area contributed by atoms with E-state index in [0.29, 0.717) is 6.54 Å². The summed E-state index contributed by atoms with van der Waals surface area (Å²) in [6.07, 6.45) is 1.99. The molecule has 1 aliphatic carbocycles. The van der Waals surface area contributed by atoms with Crippen LogP contribution in [-0.2, 0) is 12.8 Å². The molecule has 0 aliphatic heterocycles. The summed E-state index contributed by atoms with van der Waals surface area (Å²) in [6, 6.07) is 16.8. The molecule has 3 rings (SSSR count). The van der Waals surface area contributed by atoms with E-state index in [2.05, 4.69) is 48.3 Å². The van der Waals surface area contributed by atoms with Crippen molar-refractivity contribution < 1.29 is 4.74 Å². The summed E-state index contributed by atoms with van der Waals surface area (Å²) in [7, 11) is 3.83. The quantitative estimate of drug-likeness (QED) is 0.937. The number of nitrogens with two attached hydrogens (primary N) is 1. The summed E-state index contributed by atoms with van der Waals surface area (Å²) in [5, 5.41) is 0. The van der Waals surface area contributed by atoms with Gasteiger partial charge in [0.25, 0.3) is 0 Å². The third-order valence-electron chi connectivity index (χ3n) is 4.69. The first-order valence-corrected chi connectivity index (χ1v) is 7.33. The average molecular weight is 282 g/mol. The lowest BCUT2D eigenvalue weighted by molar-refractivity contribution is 0.412. The first kappa shape index (κ1) is 14.0. The van der Waals surface area contributed by atoms with Crippen LogP contribution in [0.15, 0.2) is 48.5 Å². The average Bonchev–Trinajstić information content (AvgIpc) is 2.94. The number of fused-ring (bicyclic) bond motifs is 1. The van der Waals surface area contributed by atoms with E-state index in [1.165, 1.54) is 11.1 Å². The van der Waals surface area contributed by atoms with Crippen LogP contribution in [-0.4, -0.2) is 26.2 Å². The Morgan fingerprint density at radius 3 is 2.33 bits per heavy atom. The molecule has 2 aromatic carbocycles. The van der Waals surface area contributed by atoms with Crippen LogP contribution < -0.4 is 15.4 Å². The smallest absolute Gasteiger partial charge is 0.120 e. The molecule has 0 amide bonds. The topological polar surface area (TPSA) is 38.5 Å². The number of hydrogen-bond donors (Lipinski definition) is 1. The second kappa shape index (κ2) is 5.41. The van der Waals surface area contributed by atoms with Crippen molar-refractivity contribution in [3.63, 3.8) is 0 Å². The lowest BCUT2D eigenvalue weighted by Crippen LogP contribution is -2.53. The number of anilines is 1. The predicted molar refractivity (Wildman–Crippen MR) is 87.0 cm³/mol. The SMILES string of the molecule is COc1cccc(N(C)C2(CN)Cc3ccccc3C2)c1. The van der Waals surface area contributed by atoms with Gasteiger partial charge in [0.1, 0.15) is 5.75 Å². The Bertz CT molecular complexity index is 614. The van der Waals surface area contributed by atoms with Crippen LogP contribution in [0.3, 0.4) is 0 Å². The fourth-order valence-corrected chi connectivity index (χ4v) is 3.29. The Labute approximate surface area is 126 Å². The highest BCUT2D eigenvalue weighted by molar-refractivity contribution is 5.55. The highest BCUT2D eigenvalue weighted by atomic mass is 16.5. The summed E-state index contributed by atoms with van der Waals surface area (Å²) < 4.78 is 5.34. The molecule has 0 atom stereocenters. The number of hydrogen-bond acceptors (Lipinski definition) is 3. The minimum absolute atomic E-state index is 0.0456. The largest absolute Gasteiger partial charge is 0.497 e.